The lowest BCUT2D eigenvalue weighted by Crippen LogP contribution is -2.46. The van der Waals surface area contributed by atoms with Crippen molar-refractivity contribution in [3.63, 3.8) is 0 Å². The monoisotopic (exact) mass is 409 g/mol. The number of unbranched alkanes of at least 4 members (excludes halogenated alkanes) is 1. The van der Waals surface area contributed by atoms with E-state index in [9.17, 15) is 4.79 Å². The number of ether oxygens (including phenoxy) is 2. The summed E-state index contributed by atoms with van der Waals surface area (Å²) in [5.74, 6) is 0.946. The molecule has 2 aliphatic rings. The summed E-state index contributed by atoms with van der Waals surface area (Å²) in [4.78, 5) is 18.8. The summed E-state index contributed by atoms with van der Waals surface area (Å²) in [6.45, 7) is 5.93. The molecule has 2 aromatic carbocycles. The second-order valence-corrected chi connectivity index (χ2v) is 7.95. The van der Waals surface area contributed by atoms with Crippen molar-refractivity contribution >= 4 is 17.5 Å². The van der Waals surface area contributed by atoms with Crippen molar-refractivity contribution in [3.8, 4) is 5.75 Å². The molecule has 0 aliphatic carbocycles. The van der Waals surface area contributed by atoms with Crippen LogP contribution < -0.4 is 14.5 Å². The van der Waals surface area contributed by atoms with Crippen LogP contribution in [0.1, 0.15) is 19.3 Å². The minimum Gasteiger partial charge on any atom is -0.495 e. The highest BCUT2D eigenvalue weighted by Gasteiger charge is 2.31. The lowest BCUT2D eigenvalue weighted by molar-refractivity contribution is 0.134. The molecule has 0 spiro atoms. The summed E-state index contributed by atoms with van der Waals surface area (Å²) in [7, 11) is 1.73. The van der Waals surface area contributed by atoms with Gasteiger partial charge in [-0.2, -0.15) is 0 Å². The van der Waals surface area contributed by atoms with Crippen LogP contribution in [0.15, 0.2) is 54.6 Å². The van der Waals surface area contributed by atoms with Crippen molar-refractivity contribution in [3.05, 3.63) is 54.6 Å². The molecule has 6 heteroatoms. The minimum atomic E-state index is -0.223. The summed E-state index contributed by atoms with van der Waals surface area (Å²) in [6.07, 6.45) is 2.91. The van der Waals surface area contributed by atoms with Gasteiger partial charge in [0.1, 0.15) is 11.9 Å². The normalized spacial score (nSPS) is 19.8. The van der Waals surface area contributed by atoms with Crippen LogP contribution >= 0.6 is 0 Å². The third-order valence-electron chi connectivity index (χ3n) is 5.99. The topological polar surface area (TPSA) is 45.2 Å². The number of carbonyl (C=O) groups is 1. The standard InChI is InChI=1S/C24H31N3O3/c1-29-23-13-6-5-12-22(23)26-17-15-25(16-18-26)14-8-7-11-21-19-27(24(28)30-21)20-9-3-2-4-10-20/h2-6,9-10,12-13,21H,7-8,11,14-19H2,1H3. The van der Waals surface area contributed by atoms with Gasteiger partial charge in [0.05, 0.1) is 19.3 Å². The Morgan fingerprint density at radius 2 is 1.70 bits per heavy atom. The molecule has 0 N–H and O–H groups in total. The Hall–Kier alpha value is -2.73. The van der Waals surface area contributed by atoms with E-state index < -0.39 is 0 Å². The third-order valence-corrected chi connectivity index (χ3v) is 5.99. The van der Waals surface area contributed by atoms with Gasteiger partial charge in [0.25, 0.3) is 0 Å². The van der Waals surface area contributed by atoms with Gasteiger partial charge in [-0.05, 0) is 50.1 Å². The SMILES string of the molecule is COc1ccccc1N1CCN(CCCCC2CN(c3ccccc3)C(=O)O2)CC1. The number of amides is 1. The van der Waals surface area contributed by atoms with E-state index in [1.165, 1.54) is 5.69 Å². The minimum absolute atomic E-state index is 0.0000916. The lowest BCUT2D eigenvalue weighted by Gasteiger charge is -2.36. The molecule has 2 heterocycles. The molecular formula is C24H31N3O3. The Morgan fingerprint density at radius 3 is 2.47 bits per heavy atom. The third kappa shape index (κ3) is 4.87. The summed E-state index contributed by atoms with van der Waals surface area (Å²) in [5.41, 5.74) is 2.10. The summed E-state index contributed by atoms with van der Waals surface area (Å²) in [5, 5.41) is 0. The van der Waals surface area contributed by atoms with Crippen molar-refractivity contribution in [2.75, 3.05) is 56.2 Å². The number of nitrogens with zero attached hydrogens (tertiary/aromatic N) is 3. The van der Waals surface area contributed by atoms with E-state index in [1.54, 1.807) is 12.0 Å². The van der Waals surface area contributed by atoms with Gasteiger partial charge >= 0.3 is 6.09 Å². The molecule has 0 radical (unpaired) electrons. The first-order chi connectivity index (χ1) is 14.7. The fraction of sp³-hybridized carbons (Fsp3) is 0.458. The maximum absolute atomic E-state index is 12.1. The number of hydrogen-bond donors (Lipinski definition) is 0. The Labute approximate surface area is 179 Å². The number of piperazine rings is 1. The van der Waals surface area contributed by atoms with Crippen LogP contribution in [0.25, 0.3) is 0 Å². The van der Waals surface area contributed by atoms with E-state index in [-0.39, 0.29) is 12.2 Å². The smallest absolute Gasteiger partial charge is 0.414 e. The fourth-order valence-electron chi connectivity index (χ4n) is 4.30. The maximum atomic E-state index is 12.1. The van der Waals surface area contributed by atoms with E-state index in [2.05, 4.69) is 21.9 Å². The summed E-state index contributed by atoms with van der Waals surface area (Å²) >= 11 is 0. The zero-order valence-electron chi connectivity index (χ0n) is 17.7. The molecule has 0 saturated carbocycles. The van der Waals surface area contributed by atoms with E-state index in [0.717, 1.165) is 63.4 Å². The van der Waals surface area contributed by atoms with Crippen LogP contribution in [0.4, 0.5) is 16.2 Å². The van der Waals surface area contributed by atoms with Crippen LogP contribution in [-0.4, -0.2) is 63.5 Å². The quantitative estimate of drug-likeness (QED) is 0.617. The highest BCUT2D eigenvalue weighted by atomic mass is 16.6. The predicted octanol–water partition coefficient (Wildman–Crippen LogP) is 4.01. The largest absolute Gasteiger partial charge is 0.495 e. The van der Waals surface area contributed by atoms with Gasteiger partial charge in [-0.1, -0.05) is 30.3 Å². The number of para-hydroxylation sites is 3. The summed E-state index contributed by atoms with van der Waals surface area (Å²) < 4.78 is 11.1. The molecule has 0 bridgehead atoms. The van der Waals surface area contributed by atoms with Crippen molar-refractivity contribution in [2.45, 2.75) is 25.4 Å². The van der Waals surface area contributed by atoms with Crippen LogP contribution in [0.3, 0.4) is 0 Å². The van der Waals surface area contributed by atoms with E-state index in [4.69, 9.17) is 9.47 Å². The van der Waals surface area contributed by atoms with Gasteiger partial charge in [-0.25, -0.2) is 4.79 Å². The average molecular weight is 410 g/mol. The number of carbonyl (C=O) groups excluding carboxylic acids is 1. The lowest BCUT2D eigenvalue weighted by atomic mass is 10.1. The molecule has 1 amide bonds. The second-order valence-electron chi connectivity index (χ2n) is 7.95. The number of hydrogen-bond acceptors (Lipinski definition) is 5. The average Bonchev–Trinajstić information content (AvgIpc) is 3.18. The van der Waals surface area contributed by atoms with Crippen LogP contribution in [0.5, 0.6) is 5.75 Å². The summed E-state index contributed by atoms with van der Waals surface area (Å²) in [6, 6.07) is 18.0. The number of cyclic esters (lactones) is 1. The predicted molar refractivity (Wildman–Crippen MR) is 120 cm³/mol. The first-order valence-electron chi connectivity index (χ1n) is 10.9. The molecule has 2 fully saturated rings. The molecule has 30 heavy (non-hydrogen) atoms. The molecule has 1 unspecified atom stereocenters. The Kier molecular flexibility index (Phi) is 6.74. The molecule has 1 atom stereocenters. The molecule has 2 aromatic rings. The number of methoxy groups -OCH3 is 1. The van der Waals surface area contributed by atoms with Gasteiger partial charge < -0.3 is 14.4 Å². The fourth-order valence-corrected chi connectivity index (χ4v) is 4.30. The second kappa shape index (κ2) is 9.85. The molecule has 0 aromatic heterocycles. The van der Waals surface area contributed by atoms with Gasteiger partial charge in [0.2, 0.25) is 0 Å². The zero-order valence-corrected chi connectivity index (χ0v) is 17.7. The van der Waals surface area contributed by atoms with Gasteiger partial charge in [-0.3, -0.25) is 9.80 Å². The van der Waals surface area contributed by atoms with Crippen molar-refractivity contribution in [1.82, 2.24) is 4.90 Å². The molecule has 2 aliphatic heterocycles. The number of anilines is 2. The first kappa shape index (κ1) is 20.5. The maximum Gasteiger partial charge on any atom is 0.414 e. The molecular weight excluding hydrogens is 378 g/mol. The van der Waals surface area contributed by atoms with Gasteiger partial charge in [0, 0.05) is 31.9 Å². The van der Waals surface area contributed by atoms with E-state index in [0.29, 0.717) is 6.54 Å². The first-order valence-corrected chi connectivity index (χ1v) is 10.9. The molecule has 4 rings (SSSR count). The zero-order chi connectivity index (χ0) is 20.8. The Balaban J connectivity index is 1.16. The Morgan fingerprint density at radius 1 is 0.967 bits per heavy atom. The van der Waals surface area contributed by atoms with Crippen molar-refractivity contribution in [1.29, 1.82) is 0 Å². The molecule has 160 valence electrons. The highest BCUT2D eigenvalue weighted by Crippen LogP contribution is 2.28. The highest BCUT2D eigenvalue weighted by molar-refractivity contribution is 5.89. The Bertz CT molecular complexity index is 821. The number of rotatable bonds is 8. The van der Waals surface area contributed by atoms with Crippen LogP contribution in [0.2, 0.25) is 0 Å². The van der Waals surface area contributed by atoms with Crippen molar-refractivity contribution < 1.29 is 14.3 Å². The molecule has 6 nitrogen and oxygen atoms in total. The van der Waals surface area contributed by atoms with Crippen molar-refractivity contribution in [2.24, 2.45) is 0 Å². The van der Waals surface area contributed by atoms with Gasteiger partial charge in [-0.15, -0.1) is 0 Å². The number of benzene rings is 2. The van der Waals surface area contributed by atoms with Crippen LogP contribution in [0, 0.1) is 0 Å². The molecule has 2 saturated heterocycles. The van der Waals surface area contributed by atoms with Crippen LogP contribution in [-0.2, 0) is 4.74 Å². The van der Waals surface area contributed by atoms with E-state index in [1.807, 2.05) is 42.5 Å². The van der Waals surface area contributed by atoms with Gasteiger partial charge in [0.15, 0.2) is 0 Å². The van der Waals surface area contributed by atoms with E-state index >= 15 is 0 Å².